The SMILES string of the molecule is CC(C)CC(CNCc1ccc(O)c(Cl)c1)N(C)C. The summed E-state index contributed by atoms with van der Waals surface area (Å²) in [6.45, 7) is 6.21. The zero-order valence-corrected chi connectivity index (χ0v) is 13.0. The molecule has 4 heteroatoms. The fourth-order valence-electron chi connectivity index (χ4n) is 2.06. The summed E-state index contributed by atoms with van der Waals surface area (Å²) in [5.74, 6) is 0.828. The molecule has 0 aliphatic carbocycles. The van der Waals surface area contributed by atoms with E-state index in [9.17, 15) is 5.11 Å². The molecule has 1 unspecified atom stereocenters. The van der Waals surface area contributed by atoms with Crippen LogP contribution in [0.1, 0.15) is 25.8 Å². The van der Waals surface area contributed by atoms with Crippen LogP contribution in [0.2, 0.25) is 5.02 Å². The molecule has 19 heavy (non-hydrogen) atoms. The second-order valence-corrected chi connectivity index (χ2v) is 6.07. The third-order valence-corrected chi connectivity index (χ3v) is 3.50. The van der Waals surface area contributed by atoms with Gasteiger partial charge in [0.15, 0.2) is 0 Å². The number of benzene rings is 1. The lowest BCUT2D eigenvalue weighted by atomic mass is 10.0. The number of rotatable bonds is 7. The predicted molar refractivity (Wildman–Crippen MR) is 81.8 cm³/mol. The maximum atomic E-state index is 9.37. The van der Waals surface area contributed by atoms with Crippen LogP contribution in [0.4, 0.5) is 0 Å². The summed E-state index contributed by atoms with van der Waals surface area (Å²) in [5, 5.41) is 13.2. The molecule has 0 fully saturated rings. The van der Waals surface area contributed by atoms with Crippen molar-refractivity contribution in [2.75, 3.05) is 20.6 Å². The molecule has 1 atom stereocenters. The normalized spacial score (nSPS) is 13.2. The molecule has 2 N–H and O–H groups in total. The lowest BCUT2D eigenvalue weighted by Crippen LogP contribution is -2.38. The maximum absolute atomic E-state index is 9.37. The highest BCUT2D eigenvalue weighted by Crippen LogP contribution is 2.23. The Labute approximate surface area is 121 Å². The number of nitrogens with one attached hydrogen (secondary N) is 1. The van der Waals surface area contributed by atoms with Crippen molar-refractivity contribution in [1.82, 2.24) is 10.2 Å². The molecule has 1 rings (SSSR count). The minimum Gasteiger partial charge on any atom is -0.506 e. The van der Waals surface area contributed by atoms with E-state index in [2.05, 4.69) is 38.2 Å². The van der Waals surface area contributed by atoms with Gasteiger partial charge in [-0.15, -0.1) is 0 Å². The third-order valence-electron chi connectivity index (χ3n) is 3.19. The number of likely N-dealkylation sites (N-methyl/N-ethyl adjacent to an activating group) is 1. The van der Waals surface area contributed by atoms with Crippen LogP contribution < -0.4 is 5.32 Å². The van der Waals surface area contributed by atoms with Gasteiger partial charge >= 0.3 is 0 Å². The van der Waals surface area contributed by atoms with Crippen molar-refractivity contribution in [2.24, 2.45) is 5.92 Å². The molecule has 0 bridgehead atoms. The van der Waals surface area contributed by atoms with E-state index in [1.807, 2.05) is 6.07 Å². The monoisotopic (exact) mass is 284 g/mol. The largest absolute Gasteiger partial charge is 0.506 e. The summed E-state index contributed by atoms with van der Waals surface area (Å²) in [4.78, 5) is 2.26. The number of halogens is 1. The van der Waals surface area contributed by atoms with Crippen molar-refractivity contribution >= 4 is 11.6 Å². The van der Waals surface area contributed by atoms with Gasteiger partial charge in [-0.2, -0.15) is 0 Å². The van der Waals surface area contributed by atoms with Gasteiger partial charge in [-0.3, -0.25) is 0 Å². The van der Waals surface area contributed by atoms with Gasteiger partial charge < -0.3 is 15.3 Å². The van der Waals surface area contributed by atoms with Crippen LogP contribution in [-0.4, -0.2) is 36.7 Å². The molecule has 0 saturated carbocycles. The van der Waals surface area contributed by atoms with Crippen LogP contribution in [0, 0.1) is 5.92 Å². The van der Waals surface area contributed by atoms with Crippen LogP contribution in [0.25, 0.3) is 0 Å². The van der Waals surface area contributed by atoms with Gasteiger partial charge in [-0.05, 0) is 44.1 Å². The Hall–Kier alpha value is -0.770. The van der Waals surface area contributed by atoms with Crippen molar-refractivity contribution in [3.63, 3.8) is 0 Å². The standard InChI is InChI=1S/C15H25ClN2O/c1-11(2)7-13(18(3)4)10-17-9-12-5-6-15(19)14(16)8-12/h5-6,8,11,13,17,19H,7,9-10H2,1-4H3. The molecule has 0 amide bonds. The Morgan fingerprint density at radius 3 is 2.53 bits per heavy atom. The van der Waals surface area contributed by atoms with Gasteiger partial charge in [0.2, 0.25) is 0 Å². The number of hydrogen-bond donors (Lipinski definition) is 2. The fraction of sp³-hybridized carbons (Fsp3) is 0.600. The van der Waals surface area contributed by atoms with Gasteiger partial charge in [0.1, 0.15) is 5.75 Å². The first-order valence-corrected chi connectivity index (χ1v) is 7.12. The van der Waals surface area contributed by atoms with E-state index in [1.165, 1.54) is 6.42 Å². The summed E-state index contributed by atoms with van der Waals surface area (Å²) >= 11 is 5.89. The molecule has 0 aliphatic rings. The maximum Gasteiger partial charge on any atom is 0.134 e. The van der Waals surface area contributed by atoms with E-state index >= 15 is 0 Å². The molecular formula is C15H25ClN2O. The van der Waals surface area contributed by atoms with Crippen LogP contribution in [0.5, 0.6) is 5.75 Å². The Bertz CT molecular complexity index is 394. The van der Waals surface area contributed by atoms with Gasteiger partial charge in [-0.25, -0.2) is 0 Å². The van der Waals surface area contributed by atoms with Crippen LogP contribution in [-0.2, 0) is 6.54 Å². The highest BCUT2D eigenvalue weighted by atomic mass is 35.5. The smallest absolute Gasteiger partial charge is 0.134 e. The fourth-order valence-corrected chi connectivity index (χ4v) is 2.27. The minimum atomic E-state index is 0.136. The van der Waals surface area contributed by atoms with Crippen molar-refractivity contribution in [3.8, 4) is 5.75 Å². The van der Waals surface area contributed by atoms with E-state index in [0.717, 1.165) is 18.7 Å². The first kappa shape index (κ1) is 16.3. The topological polar surface area (TPSA) is 35.5 Å². The lowest BCUT2D eigenvalue weighted by Gasteiger charge is -2.26. The highest BCUT2D eigenvalue weighted by Gasteiger charge is 2.12. The average Bonchev–Trinajstić information content (AvgIpc) is 2.31. The summed E-state index contributed by atoms with van der Waals surface area (Å²) in [6, 6.07) is 5.86. The van der Waals surface area contributed by atoms with Crippen molar-refractivity contribution in [1.29, 1.82) is 0 Å². The van der Waals surface area contributed by atoms with Gasteiger partial charge in [0, 0.05) is 19.1 Å². The van der Waals surface area contributed by atoms with Crippen LogP contribution in [0.3, 0.4) is 0 Å². The molecule has 0 heterocycles. The average molecular weight is 285 g/mol. The Balaban J connectivity index is 2.45. The summed E-state index contributed by atoms with van der Waals surface area (Å²) in [7, 11) is 4.23. The third kappa shape index (κ3) is 5.81. The second kappa shape index (κ2) is 7.73. The summed E-state index contributed by atoms with van der Waals surface area (Å²) in [5.41, 5.74) is 1.09. The summed E-state index contributed by atoms with van der Waals surface area (Å²) in [6.07, 6.45) is 1.18. The van der Waals surface area contributed by atoms with Crippen molar-refractivity contribution in [3.05, 3.63) is 28.8 Å². The Morgan fingerprint density at radius 2 is 2.00 bits per heavy atom. The minimum absolute atomic E-state index is 0.136. The molecule has 108 valence electrons. The number of hydrogen-bond acceptors (Lipinski definition) is 3. The molecule has 3 nitrogen and oxygen atoms in total. The quantitative estimate of drug-likeness (QED) is 0.808. The number of aromatic hydroxyl groups is 1. The van der Waals surface area contributed by atoms with Crippen LogP contribution >= 0.6 is 11.6 Å². The first-order valence-electron chi connectivity index (χ1n) is 6.74. The van der Waals surface area contributed by atoms with E-state index < -0.39 is 0 Å². The Kier molecular flexibility index (Phi) is 6.63. The molecule has 0 spiro atoms. The predicted octanol–water partition coefficient (Wildman–Crippen LogP) is 3.11. The van der Waals surface area contributed by atoms with Gasteiger partial charge in [-0.1, -0.05) is 31.5 Å². The lowest BCUT2D eigenvalue weighted by molar-refractivity contribution is 0.246. The molecule has 0 saturated heterocycles. The van der Waals surface area contributed by atoms with E-state index in [0.29, 0.717) is 17.0 Å². The second-order valence-electron chi connectivity index (χ2n) is 5.66. The Morgan fingerprint density at radius 1 is 1.32 bits per heavy atom. The molecule has 0 aliphatic heterocycles. The highest BCUT2D eigenvalue weighted by molar-refractivity contribution is 6.32. The van der Waals surface area contributed by atoms with Crippen molar-refractivity contribution in [2.45, 2.75) is 32.9 Å². The molecule has 1 aromatic carbocycles. The molecular weight excluding hydrogens is 260 g/mol. The van der Waals surface area contributed by atoms with Gasteiger partial charge in [0.25, 0.3) is 0 Å². The van der Waals surface area contributed by atoms with Crippen molar-refractivity contribution < 1.29 is 5.11 Å². The number of phenolic OH excluding ortho intramolecular Hbond substituents is 1. The van der Waals surface area contributed by atoms with Gasteiger partial charge in [0.05, 0.1) is 5.02 Å². The number of phenols is 1. The van der Waals surface area contributed by atoms with E-state index in [4.69, 9.17) is 11.6 Å². The summed E-state index contributed by atoms with van der Waals surface area (Å²) < 4.78 is 0. The van der Waals surface area contributed by atoms with Crippen LogP contribution in [0.15, 0.2) is 18.2 Å². The number of nitrogens with zero attached hydrogens (tertiary/aromatic N) is 1. The first-order chi connectivity index (χ1) is 8.90. The van der Waals surface area contributed by atoms with E-state index in [1.54, 1.807) is 12.1 Å². The molecule has 0 aromatic heterocycles. The molecule has 1 aromatic rings. The van der Waals surface area contributed by atoms with E-state index in [-0.39, 0.29) is 5.75 Å². The molecule has 0 radical (unpaired) electrons. The zero-order valence-electron chi connectivity index (χ0n) is 12.3. The zero-order chi connectivity index (χ0) is 14.4.